The Labute approximate surface area is 61.1 Å². The molecule has 0 aliphatic rings. The van der Waals surface area contributed by atoms with Crippen LogP contribution in [0.3, 0.4) is 0 Å². The molecule has 0 amide bonds. The quantitative estimate of drug-likeness (QED) is 0.568. The van der Waals surface area contributed by atoms with Crippen molar-refractivity contribution >= 4 is 0 Å². The number of nitrogens with one attached hydrogen (secondary N) is 1. The van der Waals surface area contributed by atoms with Crippen molar-refractivity contribution in [3.8, 4) is 0 Å². The highest BCUT2D eigenvalue weighted by atomic mass is 16.2. The van der Waals surface area contributed by atoms with Gasteiger partial charge in [0.25, 0.3) is 0 Å². The zero-order chi connectivity index (χ0) is 7.98. The molecule has 10 heavy (non-hydrogen) atoms. The maximum absolute atomic E-state index is 7.57. The Kier molecular flexibility index (Phi) is 4.58. The van der Waals surface area contributed by atoms with Crippen molar-refractivity contribution in [1.29, 1.82) is 0 Å². The van der Waals surface area contributed by atoms with Gasteiger partial charge >= 0.3 is 0 Å². The number of H-pyrrole nitrogens is 1. The van der Waals surface area contributed by atoms with E-state index in [1.54, 1.807) is 6.92 Å². The van der Waals surface area contributed by atoms with Crippen molar-refractivity contribution in [3.05, 3.63) is 17.5 Å². The smallest absolute Gasteiger partial charge is 0.0593 e. The molecule has 0 unspecified atom stereocenters. The summed E-state index contributed by atoms with van der Waals surface area (Å²) >= 11 is 0. The zero-order valence-corrected chi connectivity index (χ0v) is 6.68. The Morgan fingerprint density at radius 1 is 1.60 bits per heavy atom. The van der Waals surface area contributed by atoms with Gasteiger partial charge < -0.3 is 5.11 Å². The van der Waals surface area contributed by atoms with Gasteiger partial charge in [-0.2, -0.15) is 5.10 Å². The van der Waals surface area contributed by atoms with Crippen molar-refractivity contribution in [3.63, 3.8) is 0 Å². The number of nitrogens with zero attached hydrogens (tertiary/aromatic N) is 1. The van der Waals surface area contributed by atoms with Crippen LogP contribution in [0.2, 0.25) is 0 Å². The third-order valence-corrected chi connectivity index (χ3v) is 0.834. The van der Waals surface area contributed by atoms with Crippen LogP contribution in [0.1, 0.15) is 18.3 Å². The van der Waals surface area contributed by atoms with Crippen molar-refractivity contribution < 1.29 is 5.11 Å². The average Bonchev–Trinajstić information content (AvgIpc) is 2.17. The molecule has 2 N–H and O–H groups in total. The summed E-state index contributed by atoms with van der Waals surface area (Å²) in [6.07, 6.45) is 0. The summed E-state index contributed by atoms with van der Waals surface area (Å²) < 4.78 is 0. The first kappa shape index (κ1) is 9.17. The van der Waals surface area contributed by atoms with Gasteiger partial charge in [-0.15, -0.1) is 0 Å². The molecule has 1 rings (SSSR count). The Morgan fingerprint density at radius 2 is 2.10 bits per heavy atom. The first-order valence-electron chi connectivity index (χ1n) is 3.30. The van der Waals surface area contributed by atoms with E-state index in [0.29, 0.717) is 0 Å². The monoisotopic (exact) mass is 142 g/mol. The molecule has 0 saturated heterocycles. The number of aromatic nitrogens is 2. The molecule has 3 heteroatoms. The van der Waals surface area contributed by atoms with Gasteiger partial charge in [0.1, 0.15) is 0 Å². The van der Waals surface area contributed by atoms with Crippen molar-refractivity contribution in [1.82, 2.24) is 10.2 Å². The SMILES string of the molecule is CCO.Cc1cc(C)[nH]n1. The van der Waals surface area contributed by atoms with Crippen LogP contribution in [0.25, 0.3) is 0 Å². The van der Waals surface area contributed by atoms with Gasteiger partial charge in [0.05, 0.1) is 5.69 Å². The van der Waals surface area contributed by atoms with Crippen molar-refractivity contribution in [2.75, 3.05) is 6.61 Å². The van der Waals surface area contributed by atoms with Crippen LogP contribution >= 0.6 is 0 Å². The van der Waals surface area contributed by atoms with Crippen LogP contribution in [0.15, 0.2) is 6.07 Å². The molecule has 58 valence electrons. The molecule has 3 nitrogen and oxygen atoms in total. The molecule has 0 fully saturated rings. The lowest BCUT2D eigenvalue weighted by Gasteiger charge is -1.68. The van der Waals surface area contributed by atoms with Crippen LogP contribution < -0.4 is 0 Å². The van der Waals surface area contributed by atoms with Gasteiger partial charge in [0, 0.05) is 12.3 Å². The number of aromatic amines is 1. The highest BCUT2D eigenvalue weighted by Crippen LogP contribution is 1.92. The maximum atomic E-state index is 7.57. The zero-order valence-electron chi connectivity index (χ0n) is 6.68. The van der Waals surface area contributed by atoms with Gasteiger partial charge in [-0.1, -0.05) is 0 Å². The molecule has 0 bridgehead atoms. The van der Waals surface area contributed by atoms with Crippen LogP contribution in [-0.2, 0) is 0 Å². The summed E-state index contributed by atoms with van der Waals surface area (Å²) in [5.74, 6) is 0. The molecule has 0 saturated carbocycles. The fraction of sp³-hybridized carbons (Fsp3) is 0.571. The Balaban J connectivity index is 0.000000236. The lowest BCUT2D eigenvalue weighted by molar-refractivity contribution is 0.318. The predicted molar refractivity (Wildman–Crippen MR) is 40.8 cm³/mol. The average molecular weight is 142 g/mol. The molecular formula is C7H14N2O. The van der Waals surface area contributed by atoms with E-state index in [4.69, 9.17) is 5.11 Å². The van der Waals surface area contributed by atoms with E-state index >= 15 is 0 Å². The molecule has 0 spiro atoms. The molecule has 0 radical (unpaired) electrons. The van der Waals surface area contributed by atoms with Gasteiger partial charge in [0.15, 0.2) is 0 Å². The Bertz CT molecular complexity index is 155. The molecule has 0 aromatic carbocycles. The number of rotatable bonds is 0. The first-order chi connectivity index (χ1) is 4.70. The Morgan fingerprint density at radius 3 is 2.20 bits per heavy atom. The summed E-state index contributed by atoms with van der Waals surface area (Å²) in [6.45, 7) is 5.88. The van der Waals surface area contributed by atoms with E-state index < -0.39 is 0 Å². The minimum absolute atomic E-state index is 0.250. The second kappa shape index (κ2) is 4.99. The van der Waals surface area contributed by atoms with Crippen LogP contribution in [-0.4, -0.2) is 21.9 Å². The summed E-state index contributed by atoms with van der Waals surface area (Å²) in [7, 11) is 0. The van der Waals surface area contributed by atoms with E-state index in [2.05, 4.69) is 10.2 Å². The minimum atomic E-state index is 0.250. The summed E-state index contributed by atoms with van der Waals surface area (Å²) in [5, 5.41) is 14.3. The van der Waals surface area contributed by atoms with Gasteiger partial charge in [0.2, 0.25) is 0 Å². The van der Waals surface area contributed by atoms with Crippen molar-refractivity contribution in [2.24, 2.45) is 0 Å². The van der Waals surface area contributed by atoms with Crippen LogP contribution in [0, 0.1) is 13.8 Å². The van der Waals surface area contributed by atoms with Gasteiger partial charge in [-0.05, 0) is 26.8 Å². The highest BCUT2D eigenvalue weighted by molar-refractivity contribution is 5.03. The highest BCUT2D eigenvalue weighted by Gasteiger charge is 1.84. The molecule has 0 aliphatic carbocycles. The van der Waals surface area contributed by atoms with E-state index in [9.17, 15) is 0 Å². The fourth-order valence-corrected chi connectivity index (χ4v) is 0.554. The lowest BCUT2D eigenvalue weighted by atomic mass is 10.4. The standard InChI is InChI=1S/C5H8N2.C2H6O/c1-4-3-5(2)7-6-4;1-2-3/h3H,1-2H3,(H,6,7);3H,2H2,1H3. The van der Waals surface area contributed by atoms with E-state index in [1.807, 2.05) is 19.9 Å². The second-order valence-electron chi connectivity index (χ2n) is 2.01. The van der Waals surface area contributed by atoms with Crippen molar-refractivity contribution in [2.45, 2.75) is 20.8 Å². The summed E-state index contributed by atoms with van der Waals surface area (Å²) in [5.41, 5.74) is 2.18. The Hall–Kier alpha value is -0.830. The van der Waals surface area contributed by atoms with E-state index in [1.165, 1.54) is 0 Å². The number of aliphatic hydroxyl groups excluding tert-OH is 1. The van der Waals surface area contributed by atoms with Gasteiger partial charge in [-0.3, -0.25) is 5.10 Å². The number of aryl methyl sites for hydroxylation is 2. The van der Waals surface area contributed by atoms with Crippen LogP contribution in [0.4, 0.5) is 0 Å². The first-order valence-corrected chi connectivity index (χ1v) is 3.30. The normalized spacial score (nSPS) is 8.40. The molecular weight excluding hydrogens is 128 g/mol. The molecule has 0 atom stereocenters. The molecule has 1 aromatic heterocycles. The number of hydrogen-bond donors (Lipinski definition) is 2. The maximum Gasteiger partial charge on any atom is 0.0593 e. The fourth-order valence-electron chi connectivity index (χ4n) is 0.554. The summed E-state index contributed by atoms with van der Waals surface area (Å²) in [6, 6.07) is 2.00. The minimum Gasteiger partial charge on any atom is -0.397 e. The molecule has 1 heterocycles. The summed E-state index contributed by atoms with van der Waals surface area (Å²) in [4.78, 5) is 0. The van der Waals surface area contributed by atoms with E-state index in [0.717, 1.165) is 11.4 Å². The molecule has 0 aliphatic heterocycles. The second-order valence-corrected chi connectivity index (χ2v) is 2.01. The predicted octanol–water partition coefficient (Wildman–Crippen LogP) is 1.03. The topological polar surface area (TPSA) is 48.9 Å². The van der Waals surface area contributed by atoms with E-state index in [-0.39, 0.29) is 6.61 Å². The molecule has 1 aromatic rings. The van der Waals surface area contributed by atoms with Crippen LogP contribution in [0.5, 0.6) is 0 Å². The third kappa shape index (κ3) is 4.09. The third-order valence-electron chi connectivity index (χ3n) is 0.834. The van der Waals surface area contributed by atoms with Gasteiger partial charge in [-0.25, -0.2) is 0 Å². The number of hydrogen-bond acceptors (Lipinski definition) is 2. The largest absolute Gasteiger partial charge is 0.397 e. The number of aliphatic hydroxyl groups is 1. The lowest BCUT2D eigenvalue weighted by Crippen LogP contribution is -1.68.